The van der Waals surface area contributed by atoms with Crippen molar-refractivity contribution >= 4 is 0 Å². The molecule has 1 heterocycles. The monoisotopic (exact) mass is 250 g/mol. The first-order valence-corrected chi connectivity index (χ1v) is 6.57. The minimum absolute atomic E-state index is 0.100. The smallest absolute Gasteiger partial charge is 0.232 e. The summed E-state index contributed by atoms with van der Waals surface area (Å²) in [5.74, 6) is 1.20. The first-order valence-electron chi connectivity index (χ1n) is 6.57. The molecule has 1 aromatic heterocycles. The highest BCUT2D eigenvalue weighted by molar-refractivity contribution is 5.08. The molecular weight excluding hydrogens is 228 g/mol. The zero-order valence-corrected chi connectivity index (χ0v) is 11.4. The van der Waals surface area contributed by atoms with Crippen molar-refractivity contribution in [2.45, 2.75) is 52.7 Å². The van der Waals surface area contributed by atoms with Crippen molar-refractivity contribution in [1.82, 2.24) is 9.97 Å². The Morgan fingerprint density at radius 3 is 2.83 bits per heavy atom. The van der Waals surface area contributed by atoms with Crippen LogP contribution in [0.25, 0.3) is 0 Å². The van der Waals surface area contributed by atoms with E-state index in [0.29, 0.717) is 22.9 Å². The summed E-state index contributed by atoms with van der Waals surface area (Å²) in [6, 6.07) is 0. The molecule has 18 heavy (non-hydrogen) atoms. The van der Waals surface area contributed by atoms with Gasteiger partial charge in [-0.2, -0.15) is 0 Å². The van der Waals surface area contributed by atoms with Gasteiger partial charge in [0.1, 0.15) is 6.10 Å². The molecule has 0 spiro atoms. The third kappa shape index (κ3) is 3.42. The van der Waals surface area contributed by atoms with E-state index >= 15 is 0 Å². The Labute approximate surface area is 108 Å². The lowest BCUT2D eigenvalue weighted by Gasteiger charge is -2.38. The zero-order valence-electron chi connectivity index (χ0n) is 11.4. The van der Waals surface area contributed by atoms with E-state index in [0.717, 1.165) is 12.8 Å². The van der Waals surface area contributed by atoms with Crippen LogP contribution >= 0.6 is 0 Å². The van der Waals surface area contributed by atoms with Crippen molar-refractivity contribution in [2.75, 3.05) is 0 Å². The van der Waals surface area contributed by atoms with Crippen molar-refractivity contribution in [3.05, 3.63) is 18.1 Å². The first-order chi connectivity index (χ1) is 8.48. The molecule has 2 unspecified atom stereocenters. The summed E-state index contributed by atoms with van der Waals surface area (Å²) in [5, 5.41) is 9.03. The second-order valence-electron chi connectivity index (χ2n) is 6.16. The third-order valence-corrected chi connectivity index (χ3v) is 3.46. The molecule has 2 atom stereocenters. The summed E-state index contributed by atoms with van der Waals surface area (Å²) >= 11 is 0. The number of rotatable bonds is 3. The van der Waals surface area contributed by atoms with Crippen LogP contribution < -0.4 is 4.74 Å². The van der Waals surface area contributed by atoms with Gasteiger partial charge < -0.3 is 9.84 Å². The SMILES string of the molecule is CC1CC(Oc2cncc(CO)n2)CC(C)(C)C1. The first kappa shape index (κ1) is 13.3. The van der Waals surface area contributed by atoms with Crippen molar-refractivity contribution in [2.24, 2.45) is 11.3 Å². The van der Waals surface area contributed by atoms with Crippen LogP contribution in [-0.4, -0.2) is 21.2 Å². The van der Waals surface area contributed by atoms with Crippen molar-refractivity contribution in [1.29, 1.82) is 0 Å². The van der Waals surface area contributed by atoms with Gasteiger partial charge in [0, 0.05) is 0 Å². The second kappa shape index (κ2) is 5.22. The molecule has 2 rings (SSSR count). The van der Waals surface area contributed by atoms with Gasteiger partial charge in [-0.1, -0.05) is 20.8 Å². The summed E-state index contributed by atoms with van der Waals surface area (Å²) in [6.07, 6.45) is 6.73. The summed E-state index contributed by atoms with van der Waals surface area (Å²) in [7, 11) is 0. The van der Waals surface area contributed by atoms with Crippen LogP contribution in [0.4, 0.5) is 0 Å². The van der Waals surface area contributed by atoms with E-state index < -0.39 is 0 Å². The van der Waals surface area contributed by atoms with E-state index in [4.69, 9.17) is 9.84 Å². The molecule has 1 aliphatic carbocycles. The normalized spacial score (nSPS) is 26.9. The van der Waals surface area contributed by atoms with Crippen LogP contribution in [0.15, 0.2) is 12.4 Å². The van der Waals surface area contributed by atoms with E-state index in [2.05, 4.69) is 30.7 Å². The number of aromatic nitrogens is 2. The number of ether oxygens (including phenoxy) is 1. The van der Waals surface area contributed by atoms with Crippen molar-refractivity contribution < 1.29 is 9.84 Å². The lowest BCUT2D eigenvalue weighted by atomic mass is 9.71. The molecule has 0 bridgehead atoms. The Hall–Kier alpha value is -1.16. The molecule has 100 valence electrons. The minimum Gasteiger partial charge on any atom is -0.473 e. The van der Waals surface area contributed by atoms with Crippen molar-refractivity contribution in [3.63, 3.8) is 0 Å². The highest BCUT2D eigenvalue weighted by Gasteiger charge is 2.33. The molecular formula is C14H22N2O2. The second-order valence-corrected chi connectivity index (χ2v) is 6.16. The molecule has 4 heteroatoms. The van der Waals surface area contributed by atoms with Crippen LogP contribution in [0.1, 0.15) is 45.7 Å². The number of hydrogen-bond acceptors (Lipinski definition) is 4. The predicted molar refractivity (Wildman–Crippen MR) is 69.2 cm³/mol. The highest BCUT2D eigenvalue weighted by atomic mass is 16.5. The minimum atomic E-state index is -0.100. The fraction of sp³-hybridized carbons (Fsp3) is 0.714. The van der Waals surface area contributed by atoms with Crippen LogP contribution in [0.2, 0.25) is 0 Å². The fourth-order valence-electron chi connectivity index (χ4n) is 3.04. The third-order valence-electron chi connectivity index (χ3n) is 3.46. The van der Waals surface area contributed by atoms with E-state index in [1.807, 2.05) is 0 Å². The molecule has 0 amide bonds. The largest absolute Gasteiger partial charge is 0.473 e. The van der Waals surface area contributed by atoms with Crippen LogP contribution in [-0.2, 0) is 6.61 Å². The maximum Gasteiger partial charge on any atom is 0.232 e. The molecule has 0 radical (unpaired) electrons. The average molecular weight is 250 g/mol. The van der Waals surface area contributed by atoms with Gasteiger partial charge in [-0.25, -0.2) is 4.98 Å². The average Bonchev–Trinajstić information content (AvgIpc) is 2.26. The van der Waals surface area contributed by atoms with E-state index in [9.17, 15) is 0 Å². The van der Waals surface area contributed by atoms with Crippen molar-refractivity contribution in [3.8, 4) is 5.88 Å². The fourth-order valence-corrected chi connectivity index (χ4v) is 3.04. The lowest BCUT2D eigenvalue weighted by Crippen LogP contribution is -2.34. The lowest BCUT2D eigenvalue weighted by molar-refractivity contribution is 0.0526. The predicted octanol–water partition coefficient (Wildman–Crippen LogP) is 2.56. The van der Waals surface area contributed by atoms with Gasteiger partial charge in [0.15, 0.2) is 0 Å². The topological polar surface area (TPSA) is 55.2 Å². The summed E-state index contributed by atoms with van der Waals surface area (Å²) in [4.78, 5) is 8.25. The maximum atomic E-state index is 9.03. The maximum absolute atomic E-state index is 9.03. The molecule has 1 N–H and O–H groups in total. The van der Waals surface area contributed by atoms with Gasteiger partial charge in [-0.3, -0.25) is 4.98 Å². The number of aliphatic hydroxyl groups is 1. The Morgan fingerprint density at radius 2 is 2.17 bits per heavy atom. The molecule has 0 aromatic carbocycles. The Balaban J connectivity index is 2.04. The summed E-state index contributed by atoms with van der Waals surface area (Å²) < 4.78 is 5.92. The highest BCUT2D eigenvalue weighted by Crippen LogP contribution is 2.39. The van der Waals surface area contributed by atoms with E-state index in [-0.39, 0.29) is 12.7 Å². The summed E-state index contributed by atoms with van der Waals surface area (Å²) in [5.41, 5.74) is 0.875. The Morgan fingerprint density at radius 1 is 1.39 bits per heavy atom. The van der Waals surface area contributed by atoms with Gasteiger partial charge in [-0.15, -0.1) is 0 Å². The van der Waals surface area contributed by atoms with E-state index in [1.54, 1.807) is 12.4 Å². The summed E-state index contributed by atoms with van der Waals surface area (Å²) in [6.45, 7) is 6.74. The van der Waals surface area contributed by atoms with Gasteiger partial charge in [0.25, 0.3) is 0 Å². The van der Waals surface area contributed by atoms with Gasteiger partial charge >= 0.3 is 0 Å². The van der Waals surface area contributed by atoms with Crippen LogP contribution in [0, 0.1) is 11.3 Å². The molecule has 1 saturated carbocycles. The molecule has 1 aliphatic rings. The van der Waals surface area contributed by atoms with E-state index in [1.165, 1.54) is 6.42 Å². The standard InChI is InChI=1S/C14H22N2O2/c1-10-4-12(6-14(2,3)5-10)18-13-8-15-7-11(9-17)16-13/h7-8,10,12,17H,4-6,9H2,1-3H3. The Bertz CT molecular complexity index is 407. The molecule has 0 aliphatic heterocycles. The Kier molecular flexibility index (Phi) is 3.85. The molecule has 1 fully saturated rings. The zero-order chi connectivity index (χ0) is 13.2. The number of aliphatic hydroxyl groups excluding tert-OH is 1. The van der Waals surface area contributed by atoms with Gasteiger partial charge in [0.2, 0.25) is 5.88 Å². The quantitative estimate of drug-likeness (QED) is 0.895. The molecule has 0 saturated heterocycles. The number of hydrogen-bond donors (Lipinski definition) is 1. The van der Waals surface area contributed by atoms with Gasteiger partial charge in [0.05, 0.1) is 24.7 Å². The van der Waals surface area contributed by atoms with Gasteiger partial charge in [-0.05, 0) is 30.6 Å². The number of nitrogens with zero attached hydrogens (tertiary/aromatic N) is 2. The molecule has 1 aromatic rings. The van der Waals surface area contributed by atoms with Crippen LogP contribution in [0.3, 0.4) is 0 Å². The van der Waals surface area contributed by atoms with Crippen LogP contribution in [0.5, 0.6) is 5.88 Å². The molecule has 4 nitrogen and oxygen atoms in total.